The molecule has 1 aliphatic carbocycles. The van der Waals surface area contributed by atoms with Gasteiger partial charge in [-0.2, -0.15) is 0 Å². The van der Waals surface area contributed by atoms with Crippen molar-refractivity contribution in [2.45, 2.75) is 44.1 Å². The minimum absolute atomic E-state index is 0.0806. The lowest BCUT2D eigenvalue weighted by atomic mass is 9.76. The van der Waals surface area contributed by atoms with E-state index in [0.717, 1.165) is 35.0 Å². The van der Waals surface area contributed by atoms with Crippen molar-refractivity contribution in [3.05, 3.63) is 63.6 Å². The second-order valence-electron chi connectivity index (χ2n) is 7.90. The maximum Gasteiger partial charge on any atom is 0.310 e. The second kappa shape index (κ2) is 11.1. The van der Waals surface area contributed by atoms with Crippen LogP contribution >= 0.6 is 15.9 Å². The molecular formula is C25H31BrO5. The van der Waals surface area contributed by atoms with Crippen molar-refractivity contribution >= 4 is 21.9 Å². The Balaban J connectivity index is 1.93. The number of rotatable bonds is 11. The van der Waals surface area contributed by atoms with Crippen molar-refractivity contribution in [1.82, 2.24) is 0 Å². The Morgan fingerprint density at radius 2 is 1.81 bits per heavy atom. The average Bonchev–Trinajstić information content (AvgIpc) is 3.05. The summed E-state index contributed by atoms with van der Waals surface area (Å²) in [5, 5.41) is 0. The van der Waals surface area contributed by atoms with E-state index in [1.54, 1.807) is 14.2 Å². The summed E-state index contributed by atoms with van der Waals surface area (Å²) in [6.07, 6.45) is 2.70. The molecule has 0 heterocycles. The SMILES string of the molecule is CCOC(=O)Cc1ccccc1OC1CC(CCOC)(CCOC)c2ccc(Br)cc21. The molecule has 0 saturated carbocycles. The lowest BCUT2D eigenvalue weighted by molar-refractivity contribution is -0.142. The molecule has 31 heavy (non-hydrogen) atoms. The number of methoxy groups -OCH3 is 2. The molecule has 3 rings (SSSR count). The van der Waals surface area contributed by atoms with Crippen LogP contribution in [0.4, 0.5) is 0 Å². The van der Waals surface area contributed by atoms with Crippen molar-refractivity contribution in [1.29, 1.82) is 0 Å². The van der Waals surface area contributed by atoms with Crippen LogP contribution in [0.1, 0.15) is 49.0 Å². The summed E-state index contributed by atoms with van der Waals surface area (Å²) in [7, 11) is 3.47. The first-order valence-electron chi connectivity index (χ1n) is 10.7. The van der Waals surface area contributed by atoms with E-state index in [1.165, 1.54) is 11.1 Å². The molecule has 1 aliphatic rings. The molecule has 168 valence electrons. The molecule has 0 aromatic heterocycles. The number of para-hydroxylation sites is 1. The van der Waals surface area contributed by atoms with Crippen LogP contribution in [-0.2, 0) is 30.8 Å². The number of ether oxygens (including phenoxy) is 4. The van der Waals surface area contributed by atoms with Crippen LogP contribution in [-0.4, -0.2) is 40.0 Å². The summed E-state index contributed by atoms with van der Waals surface area (Å²) in [5.74, 6) is 0.475. The summed E-state index contributed by atoms with van der Waals surface area (Å²) < 4.78 is 23.6. The highest BCUT2D eigenvalue weighted by Crippen LogP contribution is 2.51. The maximum absolute atomic E-state index is 12.1. The Hall–Kier alpha value is -1.89. The number of hydrogen-bond donors (Lipinski definition) is 0. The van der Waals surface area contributed by atoms with Crippen LogP contribution in [0.2, 0.25) is 0 Å². The van der Waals surface area contributed by atoms with Crippen LogP contribution in [0.15, 0.2) is 46.9 Å². The van der Waals surface area contributed by atoms with E-state index in [0.29, 0.717) is 19.8 Å². The highest BCUT2D eigenvalue weighted by atomic mass is 79.9. The molecule has 1 unspecified atom stereocenters. The third kappa shape index (κ3) is 5.68. The fraction of sp³-hybridized carbons (Fsp3) is 0.480. The molecule has 5 nitrogen and oxygen atoms in total. The van der Waals surface area contributed by atoms with Gasteiger partial charge in [-0.3, -0.25) is 4.79 Å². The Labute approximate surface area is 193 Å². The molecular weight excluding hydrogens is 460 g/mol. The van der Waals surface area contributed by atoms with Gasteiger partial charge in [-0.25, -0.2) is 0 Å². The van der Waals surface area contributed by atoms with Gasteiger partial charge in [0.15, 0.2) is 0 Å². The fourth-order valence-electron chi connectivity index (χ4n) is 4.44. The molecule has 0 radical (unpaired) electrons. The number of esters is 1. The molecule has 0 bridgehead atoms. The first kappa shape index (κ1) is 23.8. The van der Waals surface area contributed by atoms with Gasteiger partial charge in [0, 0.05) is 42.9 Å². The highest BCUT2D eigenvalue weighted by Gasteiger charge is 2.44. The quantitative estimate of drug-likeness (QED) is 0.395. The first-order chi connectivity index (χ1) is 15.0. The molecule has 1 atom stereocenters. The zero-order valence-electron chi connectivity index (χ0n) is 18.5. The molecule has 2 aromatic carbocycles. The average molecular weight is 491 g/mol. The van der Waals surface area contributed by atoms with Gasteiger partial charge in [-0.05, 0) is 55.5 Å². The van der Waals surface area contributed by atoms with Crippen LogP contribution < -0.4 is 4.74 Å². The smallest absolute Gasteiger partial charge is 0.310 e. The van der Waals surface area contributed by atoms with Crippen molar-refractivity contribution in [3.63, 3.8) is 0 Å². The van der Waals surface area contributed by atoms with E-state index in [1.807, 2.05) is 31.2 Å². The maximum atomic E-state index is 12.1. The largest absolute Gasteiger partial charge is 0.485 e. The Kier molecular flexibility index (Phi) is 8.52. The minimum atomic E-state index is -0.248. The van der Waals surface area contributed by atoms with Crippen LogP contribution in [0, 0.1) is 0 Å². The molecule has 0 aliphatic heterocycles. The van der Waals surface area contributed by atoms with Gasteiger partial charge in [0.1, 0.15) is 11.9 Å². The topological polar surface area (TPSA) is 54.0 Å². The number of carbonyl (C=O) groups excluding carboxylic acids is 1. The van der Waals surface area contributed by atoms with Crippen molar-refractivity contribution in [3.8, 4) is 5.75 Å². The molecule has 0 spiro atoms. The van der Waals surface area contributed by atoms with Gasteiger partial charge in [0.05, 0.1) is 13.0 Å². The monoisotopic (exact) mass is 490 g/mol. The van der Waals surface area contributed by atoms with E-state index < -0.39 is 0 Å². The molecule has 0 fully saturated rings. The van der Waals surface area contributed by atoms with Gasteiger partial charge in [0.2, 0.25) is 0 Å². The van der Waals surface area contributed by atoms with Crippen LogP contribution in [0.5, 0.6) is 5.75 Å². The Morgan fingerprint density at radius 3 is 2.48 bits per heavy atom. The number of benzene rings is 2. The molecule has 0 amide bonds. The Bertz CT molecular complexity index is 874. The van der Waals surface area contributed by atoms with E-state index >= 15 is 0 Å². The molecule has 0 saturated heterocycles. The number of halogens is 1. The summed E-state index contributed by atoms with van der Waals surface area (Å²) in [4.78, 5) is 12.1. The van der Waals surface area contributed by atoms with Gasteiger partial charge in [0.25, 0.3) is 0 Å². The minimum Gasteiger partial charge on any atom is -0.485 e. The standard InChI is InChI=1S/C25H31BrO5/c1-4-30-24(27)15-18-7-5-6-8-22(18)31-23-17-25(11-13-28-2,12-14-29-3)21-10-9-19(26)16-20(21)23/h5-10,16,23H,4,11-15,17H2,1-3H3. The van der Waals surface area contributed by atoms with Crippen LogP contribution in [0.3, 0.4) is 0 Å². The summed E-state index contributed by atoms with van der Waals surface area (Å²) in [6.45, 7) is 3.53. The van der Waals surface area contributed by atoms with Gasteiger partial charge < -0.3 is 18.9 Å². The lowest BCUT2D eigenvalue weighted by Crippen LogP contribution is -2.27. The molecule has 6 heteroatoms. The zero-order valence-corrected chi connectivity index (χ0v) is 20.1. The molecule has 0 N–H and O–H groups in total. The van der Waals surface area contributed by atoms with Crippen molar-refractivity contribution in [2.24, 2.45) is 0 Å². The van der Waals surface area contributed by atoms with E-state index in [9.17, 15) is 4.79 Å². The van der Waals surface area contributed by atoms with Gasteiger partial charge in [-0.15, -0.1) is 0 Å². The first-order valence-corrected chi connectivity index (χ1v) is 11.5. The van der Waals surface area contributed by atoms with E-state index in [2.05, 4.69) is 34.1 Å². The predicted octanol–water partition coefficient (Wildman–Crippen LogP) is 5.39. The van der Waals surface area contributed by atoms with Gasteiger partial charge >= 0.3 is 5.97 Å². The third-order valence-electron chi connectivity index (χ3n) is 5.96. The predicted molar refractivity (Wildman–Crippen MR) is 124 cm³/mol. The van der Waals surface area contributed by atoms with E-state index in [4.69, 9.17) is 18.9 Å². The van der Waals surface area contributed by atoms with E-state index in [-0.39, 0.29) is 23.9 Å². The fourth-order valence-corrected chi connectivity index (χ4v) is 4.82. The third-order valence-corrected chi connectivity index (χ3v) is 6.45. The van der Waals surface area contributed by atoms with Gasteiger partial charge in [-0.1, -0.05) is 40.2 Å². The summed E-state index contributed by atoms with van der Waals surface area (Å²) in [5.41, 5.74) is 3.22. The Morgan fingerprint density at radius 1 is 1.10 bits per heavy atom. The van der Waals surface area contributed by atoms with Crippen LogP contribution in [0.25, 0.3) is 0 Å². The zero-order chi connectivity index (χ0) is 22.3. The number of fused-ring (bicyclic) bond motifs is 1. The number of hydrogen-bond acceptors (Lipinski definition) is 5. The molecule has 2 aromatic rings. The van der Waals surface area contributed by atoms with Crippen molar-refractivity contribution < 1.29 is 23.7 Å². The number of carbonyl (C=O) groups is 1. The second-order valence-corrected chi connectivity index (χ2v) is 8.81. The highest BCUT2D eigenvalue weighted by molar-refractivity contribution is 9.10. The summed E-state index contributed by atoms with van der Waals surface area (Å²) in [6, 6.07) is 14.1. The normalized spacial score (nSPS) is 16.7. The summed E-state index contributed by atoms with van der Waals surface area (Å²) >= 11 is 3.62. The lowest BCUT2D eigenvalue weighted by Gasteiger charge is -2.30. The van der Waals surface area contributed by atoms with Crippen molar-refractivity contribution in [2.75, 3.05) is 34.0 Å².